The second-order valence-corrected chi connectivity index (χ2v) is 6.13. The van der Waals surface area contributed by atoms with E-state index in [0.717, 1.165) is 68.8 Å². The minimum absolute atomic E-state index is 0.0654. The van der Waals surface area contributed by atoms with E-state index in [9.17, 15) is 0 Å². The van der Waals surface area contributed by atoms with Crippen LogP contribution in [0, 0.1) is 0 Å². The highest BCUT2D eigenvalue weighted by Gasteiger charge is 2.28. The predicted octanol–water partition coefficient (Wildman–Crippen LogP) is 4.01. The van der Waals surface area contributed by atoms with Gasteiger partial charge in [-0.15, -0.1) is 0 Å². The summed E-state index contributed by atoms with van der Waals surface area (Å²) < 4.78 is 22.4. The van der Waals surface area contributed by atoms with E-state index < -0.39 is 0 Å². The van der Waals surface area contributed by atoms with Gasteiger partial charge in [0.05, 0.1) is 44.2 Å². The third kappa shape index (κ3) is 12.2. The Hall–Kier alpha value is -1.20. The lowest BCUT2D eigenvalue weighted by Gasteiger charge is -2.33. The van der Waals surface area contributed by atoms with Gasteiger partial charge in [0.15, 0.2) is 0 Å². The van der Waals surface area contributed by atoms with Crippen molar-refractivity contribution in [3.63, 3.8) is 0 Å². The largest absolute Gasteiger partial charge is 0.502 e. The van der Waals surface area contributed by atoms with Crippen LogP contribution in [0.4, 0.5) is 0 Å². The zero-order chi connectivity index (χ0) is 17.9. The van der Waals surface area contributed by atoms with Gasteiger partial charge in [0.2, 0.25) is 0 Å². The van der Waals surface area contributed by atoms with Gasteiger partial charge in [-0.25, -0.2) is 0 Å². The number of ether oxygens (including phenoxy) is 3. The fourth-order valence-corrected chi connectivity index (χ4v) is 3.22. The van der Waals surface area contributed by atoms with Gasteiger partial charge in [0, 0.05) is 0 Å². The Balaban J connectivity index is 4.37. The molecule has 0 saturated heterocycles. The van der Waals surface area contributed by atoms with E-state index in [0.29, 0.717) is 0 Å². The second-order valence-electron chi connectivity index (χ2n) is 5.72. The van der Waals surface area contributed by atoms with E-state index in [-0.39, 0.29) is 5.60 Å². The Labute approximate surface area is 151 Å². The van der Waals surface area contributed by atoms with Crippen molar-refractivity contribution in [1.82, 2.24) is 0 Å². The van der Waals surface area contributed by atoms with E-state index in [4.69, 9.17) is 18.6 Å². The highest BCUT2D eigenvalue weighted by atomic mass is 28.2. The van der Waals surface area contributed by atoms with E-state index in [1.807, 2.05) is 39.0 Å². The summed E-state index contributed by atoms with van der Waals surface area (Å²) >= 11 is 0. The van der Waals surface area contributed by atoms with Crippen molar-refractivity contribution in [1.29, 1.82) is 0 Å². The molecule has 0 unspecified atom stereocenters. The van der Waals surface area contributed by atoms with Gasteiger partial charge >= 0.3 is 0 Å². The topological polar surface area (TPSA) is 36.9 Å². The Morgan fingerprint density at radius 3 is 1.25 bits per heavy atom. The molecule has 0 spiro atoms. The molecule has 0 bridgehead atoms. The lowest BCUT2D eigenvalue weighted by molar-refractivity contribution is 0.0283. The minimum Gasteiger partial charge on any atom is -0.502 e. The first-order chi connectivity index (χ1) is 11.7. The van der Waals surface area contributed by atoms with Crippen molar-refractivity contribution in [3.05, 3.63) is 37.0 Å². The Morgan fingerprint density at radius 1 is 0.667 bits per heavy atom. The minimum atomic E-state index is -0.0654. The molecular formula is C19H36O4Si. The van der Waals surface area contributed by atoms with Crippen LogP contribution in [-0.4, -0.2) is 35.9 Å². The van der Waals surface area contributed by atoms with Crippen LogP contribution in [0.5, 0.6) is 0 Å². The molecule has 0 fully saturated rings. The van der Waals surface area contributed by atoms with E-state index in [2.05, 4.69) is 0 Å². The maximum absolute atomic E-state index is 6.08. The molecule has 0 aliphatic heterocycles. The van der Waals surface area contributed by atoms with E-state index in [1.165, 1.54) is 0 Å². The lowest BCUT2D eigenvalue weighted by atomic mass is 9.88. The van der Waals surface area contributed by atoms with Crippen LogP contribution in [0.1, 0.15) is 59.3 Å². The third-order valence-electron chi connectivity index (χ3n) is 3.81. The molecule has 0 rings (SSSR count). The van der Waals surface area contributed by atoms with Crippen molar-refractivity contribution in [3.8, 4) is 0 Å². The summed E-state index contributed by atoms with van der Waals surface area (Å²) in [4.78, 5) is 0. The molecule has 24 heavy (non-hydrogen) atoms. The Kier molecular flexibility index (Phi) is 15.8. The lowest BCUT2D eigenvalue weighted by Crippen LogP contribution is -2.33. The molecule has 0 saturated carbocycles. The number of allylic oxidation sites excluding steroid dienone is 3. The maximum atomic E-state index is 6.08. The van der Waals surface area contributed by atoms with Crippen molar-refractivity contribution in [2.45, 2.75) is 64.9 Å². The quantitative estimate of drug-likeness (QED) is 0.238. The summed E-state index contributed by atoms with van der Waals surface area (Å²) in [7, 11) is 0.741. The van der Waals surface area contributed by atoms with Crippen molar-refractivity contribution in [2.24, 2.45) is 0 Å². The first-order valence-electron chi connectivity index (χ1n) is 8.98. The van der Waals surface area contributed by atoms with Crippen LogP contribution in [-0.2, 0) is 18.6 Å². The molecule has 0 amide bonds. The normalized spacial score (nSPS) is 12.6. The summed E-state index contributed by atoms with van der Waals surface area (Å²) in [6, 6.07) is 0. The number of hydrogen-bond acceptors (Lipinski definition) is 4. The fourth-order valence-electron chi connectivity index (χ4n) is 2.61. The van der Waals surface area contributed by atoms with Crippen LogP contribution in [0.25, 0.3) is 0 Å². The van der Waals surface area contributed by atoms with Crippen molar-refractivity contribution in [2.75, 3.05) is 19.8 Å². The molecule has 140 valence electrons. The Morgan fingerprint density at radius 2 is 1.00 bits per heavy atom. The van der Waals surface area contributed by atoms with Crippen LogP contribution in [0.15, 0.2) is 37.0 Å². The fraction of sp³-hybridized carbons (Fsp3) is 0.684. The molecule has 0 aromatic rings. The van der Waals surface area contributed by atoms with Crippen LogP contribution in [0.3, 0.4) is 0 Å². The van der Waals surface area contributed by atoms with Crippen LogP contribution >= 0.6 is 0 Å². The molecule has 0 aromatic carbocycles. The molecule has 0 N–H and O–H groups in total. The van der Waals surface area contributed by atoms with Gasteiger partial charge in [-0.05, 0) is 59.3 Å². The van der Waals surface area contributed by atoms with Gasteiger partial charge in [-0.2, -0.15) is 0 Å². The third-order valence-corrected chi connectivity index (χ3v) is 4.68. The van der Waals surface area contributed by atoms with E-state index in [1.54, 1.807) is 18.8 Å². The summed E-state index contributed by atoms with van der Waals surface area (Å²) in [5.74, 6) is 0. The first kappa shape index (κ1) is 22.8. The molecule has 0 aliphatic carbocycles. The summed E-state index contributed by atoms with van der Waals surface area (Å²) in [6.07, 6.45) is 17.0. The smallest absolute Gasteiger partial charge is 0.146 e. The Bertz CT molecular complexity index is 303. The molecule has 0 atom stereocenters. The van der Waals surface area contributed by atoms with Gasteiger partial charge in [-0.1, -0.05) is 18.2 Å². The summed E-state index contributed by atoms with van der Waals surface area (Å²) in [5, 5.41) is 0. The van der Waals surface area contributed by atoms with Crippen LogP contribution < -0.4 is 0 Å². The predicted molar refractivity (Wildman–Crippen MR) is 104 cm³/mol. The van der Waals surface area contributed by atoms with Gasteiger partial charge < -0.3 is 18.6 Å². The number of rotatable bonds is 16. The second kappa shape index (κ2) is 16.6. The standard InChI is InChI=1S/C19H36O4Si/c1-4-13-20-16-7-10-19(23-24,11-8-17-21-14-5-2)12-9-18-22-15-6-3/h4-6,13-15H,7-12,16-18H2,1-3,24H3/b13-4-,14-5-,15-6-. The highest BCUT2D eigenvalue weighted by molar-refractivity contribution is 5.98. The highest BCUT2D eigenvalue weighted by Crippen LogP contribution is 2.29. The first-order valence-corrected chi connectivity index (χ1v) is 9.79. The number of hydrogen-bond donors (Lipinski definition) is 0. The zero-order valence-corrected chi connectivity index (χ0v) is 18.0. The molecule has 0 aliphatic rings. The molecule has 0 aromatic heterocycles. The maximum Gasteiger partial charge on any atom is 0.146 e. The average molecular weight is 357 g/mol. The zero-order valence-electron chi connectivity index (χ0n) is 16.0. The average Bonchev–Trinajstić information content (AvgIpc) is 2.60. The van der Waals surface area contributed by atoms with E-state index >= 15 is 0 Å². The summed E-state index contributed by atoms with van der Waals surface area (Å²) in [5.41, 5.74) is -0.0654. The van der Waals surface area contributed by atoms with Crippen molar-refractivity contribution < 1.29 is 18.6 Å². The van der Waals surface area contributed by atoms with Gasteiger partial charge in [0.1, 0.15) is 10.5 Å². The SMILES string of the molecule is C/C=C\OCCCC(CCCO/C=C\C)(CCCO/C=C\C)O[SiH3]. The van der Waals surface area contributed by atoms with Gasteiger partial charge in [0.25, 0.3) is 0 Å². The van der Waals surface area contributed by atoms with Crippen molar-refractivity contribution >= 4 is 10.5 Å². The summed E-state index contributed by atoms with van der Waals surface area (Å²) in [6.45, 7) is 8.09. The molecule has 5 heteroatoms. The molecule has 4 nitrogen and oxygen atoms in total. The molecule has 0 radical (unpaired) electrons. The monoisotopic (exact) mass is 356 g/mol. The molecular weight excluding hydrogens is 320 g/mol. The van der Waals surface area contributed by atoms with Gasteiger partial charge in [-0.3, -0.25) is 0 Å². The van der Waals surface area contributed by atoms with Crippen LogP contribution in [0.2, 0.25) is 0 Å². The molecule has 0 heterocycles.